The normalized spacial score (nSPS) is 38.7. The maximum absolute atomic E-state index is 14.0. The Morgan fingerprint density at radius 2 is 1.89 bits per heavy atom. The summed E-state index contributed by atoms with van der Waals surface area (Å²) in [5.41, 5.74) is -1.28. The first kappa shape index (κ1) is 24.4. The van der Waals surface area contributed by atoms with E-state index in [1.807, 2.05) is 31.2 Å². The van der Waals surface area contributed by atoms with Gasteiger partial charge in [0.25, 0.3) is 0 Å². The van der Waals surface area contributed by atoms with E-state index >= 15 is 0 Å². The lowest BCUT2D eigenvalue weighted by Crippen LogP contribution is -2.56. The third-order valence-electron chi connectivity index (χ3n) is 7.86. The lowest BCUT2D eigenvalue weighted by molar-refractivity contribution is -0.158. The Kier molecular flexibility index (Phi) is 6.98. The highest BCUT2D eigenvalue weighted by molar-refractivity contribution is 5.99. The van der Waals surface area contributed by atoms with Crippen LogP contribution in [0.2, 0.25) is 0 Å². The third kappa shape index (κ3) is 4.30. The number of hydrogen-bond donors (Lipinski definition) is 1. The highest BCUT2D eigenvalue weighted by atomic mass is 16.6. The van der Waals surface area contributed by atoms with E-state index in [4.69, 9.17) is 14.2 Å². The topological polar surface area (TPSA) is 109 Å². The van der Waals surface area contributed by atoms with Gasteiger partial charge in [0.15, 0.2) is 0 Å². The Labute approximate surface area is 205 Å². The van der Waals surface area contributed by atoms with E-state index in [0.29, 0.717) is 39.3 Å². The highest BCUT2D eigenvalue weighted by Crippen LogP contribution is 2.53. The van der Waals surface area contributed by atoms with Crippen LogP contribution in [-0.4, -0.2) is 121 Å². The number of carbonyl (C=O) groups is 3. The Bertz CT molecular complexity index is 901. The zero-order chi connectivity index (χ0) is 24.6. The van der Waals surface area contributed by atoms with Crippen LogP contribution in [0.5, 0.6) is 0 Å². The van der Waals surface area contributed by atoms with Gasteiger partial charge in [0.1, 0.15) is 17.6 Å². The van der Waals surface area contributed by atoms with Gasteiger partial charge < -0.3 is 29.1 Å². The van der Waals surface area contributed by atoms with Crippen LogP contribution in [0.3, 0.4) is 0 Å². The van der Waals surface area contributed by atoms with Gasteiger partial charge in [0.2, 0.25) is 11.8 Å². The van der Waals surface area contributed by atoms with E-state index in [2.05, 4.69) is 4.90 Å². The molecule has 5 aliphatic rings. The minimum absolute atomic E-state index is 0.000665. The van der Waals surface area contributed by atoms with Crippen molar-refractivity contribution in [2.24, 2.45) is 11.8 Å². The number of aliphatic hydroxyl groups is 1. The van der Waals surface area contributed by atoms with Gasteiger partial charge in [-0.05, 0) is 19.8 Å². The number of rotatable bonds is 5. The van der Waals surface area contributed by atoms with Gasteiger partial charge >= 0.3 is 5.97 Å². The fourth-order valence-electron chi connectivity index (χ4n) is 6.13. The van der Waals surface area contributed by atoms with Crippen LogP contribution in [0.25, 0.3) is 0 Å². The van der Waals surface area contributed by atoms with Crippen molar-refractivity contribution in [1.82, 2.24) is 14.7 Å². The van der Waals surface area contributed by atoms with Crippen LogP contribution in [0.15, 0.2) is 24.3 Å². The van der Waals surface area contributed by atoms with E-state index in [9.17, 15) is 19.5 Å². The Balaban J connectivity index is 1.46. The molecule has 0 aromatic rings. The predicted octanol–water partition coefficient (Wildman–Crippen LogP) is -0.428. The molecular weight excluding hydrogens is 454 g/mol. The maximum Gasteiger partial charge on any atom is 0.313 e. The SMILES string of the molecule is CC1CC/C=C\[C@H]2OC34C=CCN(CCN5CCOCC5)C(=O)[C@H]3N(CCO)C(=O)[C@@H]4C2C(=O)O1. The molecule has 35 heavy (non-hydrogen) atoms. The monoisotopic (exact) mass is 489 g/mol. The summed E-state index contributed by atoms with van der Waals surface area (Å²) in [6, 6.07) is -0.940. The van der Waals surface area contributed by atoms with Crippen molar-refractivity contribution in [1.29, 1.82) is 0 Å². The molecule has 0 aliphatic carbocycles. The molecule has 0 bridgehead atoms. The Morgan fingerprint density at radius 3 is 2.66 bits per heavy atom. The van der Waals surface area contributed by atoms with Crippen LogP contribution < -0.4 is 0 Å². The number of fused-ring (bicyclic) bond motifs is 2. The third-order valence-corrected chi connectivity index (χ3v) is 7.86. The minimum atomic E-state index is -1.28. The van der Waals surface area contributed by atoms with Crippen molar-refractivity contribution in [2.45, 2.75) is 43.6 Å². The van der Waals surface area contributed by atoms with Gasteiger partial charge in [0, 0.05) is 39.3 Å². The van der Waals surface area contributed by atoms with Crippen LogP contribution in [-0.2, 0) is 28.6 Å². The van der Waals surface area contributed by atoms with Gasteiger partial charge in [0.05, 0.1) is 37.9 Å². The number of carbonyl (C=O) groups excluding carboxylic acids is 3. The van der Waals surface area contributed by atoms with E-state index in [1.165, 1.54) is 4.90 Å². The first-order valence-corrected chi connectivity index (χ1v) is 12.7. The van der Waals surface area contributed by atoms with Crippen molar-refractivity contribution in [2.75, 3.05) is 59.1 Å². The number of esters is 1. The van der Waals surface area contributed by atoms with Crippen molar-refractivity contribution >= 4 is 17.8 Å². The number of cyclic esters (lactones) is 1. The maximum atomic E-state index is 14.0. The van der Waals surface area contributed by atoms with Crippen LogP contribution in [0.4, 0.5) is 0 Å². The van der Waals surface area contributed by atoms with Crippen molar-refractivity contribution in [3.8, 4) is 0 Å². The molecule has 10 nitrogen and oxygen atoms in total. The smallest absolute Gasteiger partial charge is 0.313 e. The molecule has 5 rings (SSSR count). The van der Waals surface area contributed by atoms with E-state index < -0.39 is 35.6 Å². The molecule has 0 aromatic carbocycles. The number of hydrogen-bond acceptors (Lipinski definition) is 8. The average molecular weight is 490 g/mol. The Morgan fingerprint density at radius 1 is 1.09 bits per heavy atom. The first-order chi connectivity index (χ1) is 17.0. The second-order valence-electron chi connectivity index (χ2n) is 9.99. The predicted molar refractivity (Wildman–Crippen MR) is 124 cm³/mol. The highest BCUT2D eigenvalue weighted by Gasteiger charge is 2.71. The molecule has 1 N–H and O–H groups in total. The fourth-order valence-corrected chi connectivity index (χ4v) is 6.13. The molecule has 0 radical (unpaired) electrons. The van der Waals surface area contributed by atoms with Gasteiger partial charge in [-0.15, -0.1) is 0 Å². The lowest BCUT2D eigenvalue weighted by Gasteiger charge is -2.36. The summed E-state index contributed by atoms with van der Waals surface area (Å²) in [6.45, 7) is 6.17. The number of ether oxygens (including phenoxy) is 3. The molecular formula is C25H35N3O7. The minimum Gasteiger partial charge on any atom is -0.462 e. The zero-order valence-corrected chi connectivity index (χ0v) is 20.2. The second-order valence-corrected chi connectivity index (χ2v) is 9.99. The van der Waals surface area contributed by atoms with Gasteiger partial charge in [-0.2, -0.15) is 0 Å². The molecule has 5 aliphatic heterocycles. The fraction of sp³-hybridized carbons (Fsp3) is 0.720. The zero-order valence-electron chi connectivity index (χ0n) is 20.2. The lowest BCUT2D eigenvalue weighted by atomic mass is 9.78. The molecule has 192 valence electrons. The molecule has 0 saturated carbocycles. The summed E-state index contributed by atoms with van der Waals surface area (Å²) in [4.78, 5) is 46.4. The first-order valence-electron chi connectivity index (χ1n) is 12.7. The molecule has 6 atom stereocenters. The van der Waals surface area contributed by atoms with Gasteiger partial charge in [-0.3, -0.25) is 19.3 Å². The summed E-state index contributed by atoms with van der Waals surface area (Å²) in [5.74, 6) is -2.76. The molecule has 3 unspecified atom stereocenters. The number of allylic oxidation sites excluding steroid dienone is 1. The number of nitrogens with zero attached hydrogens (tertiary/aromatic N) is 3. The van der Waals surface area contributed by atoms with Crippen molar-refractivity contribution in [3.05, 3.63) is 24.3 Å². The largest absolute Gasteiger partial charge is 0.462 e. The number of aliphatic hydroxyl groups excluding tert-OH is 1. The summed E-state index contributed by atoms with van der Waals surface area (Å²) in [7, 11) is 0. The molecule has 3 saturated heterocycles. The standard InChI is InChI=1S/C25H35N3O7/c1-17-5-2-3-6-18-19(24(32)34-17)20-22(30)28(11-14-29)21-23(31)27(8-4-7-25(20,21)35-18)10-9-26-12-15-33-16-13-26/h3-4,6-7,17-21,29H,2,5,8-16H2,1H3/b6-3-/t17?,18-,19?,20+,21-,25?/m1/s1. The van der Waals surface area contributed by atoms with Crippen molar-refractivity contribution in [3.63, 3.8) is 0 Å². The summed E-state index contributed by atoms with van der Waals surface area (Å²) >= 11 is 0. The second kappa shape index (κ2) is 10.0. The molecule has 3 fully saturated rings. The summed E-state index contributed by atoms with van der Waals surface area (Å²) in [6.07, 6.45) is 8.00. The molecule has 0 aromatic heterocycles. The van der Waals surface area contributed by atoms with E-state index in [0.717, 1.165) is 19.5 Å². The number of morpholine rings is 1. The number of likely N-dealkylation sites (tertiary alicyclic amines) is 1. The average Bonchev–Trinajstić information content (AvgIpc) is 3.24. The Hall–Kier alpha value is -2.27. The molecule has 1 spiro atoms. The number of amides is 2. The summed E-state index contributed by atoms with van der Waals surface area (Å²) in [5, 5.41) is 9.73. The molecule has 5 heterocycles. The summed E-state index contributed by atoms with van der Waals surface area (Å²) < 4.78 is 17.6. The van der Waals surface area contributed by atoms with Crippen LogP contribution in [0.1, 0.15) is 19.8 Å². The number of β-amino-alcohol motifs (C(OH)–C–C–N with tert-alkyl or cyclic N) is 1. The van der Waals surface area contributed by atoms with Gasteiger partial charge in [-0.1, -0.05) is 24.3 Å². The van der Waals surface area contributed by atoms with Crippen LogP contribution in [0, 0.1) is 11.8 Å². The van der Waals surface area contributed by atoms with Gasteiger partial charge in [-0.25, -0.2) is 0 Å². The van der Waals surface area contributed by atoms with Crippen molar-refractivity contribution < 1.29 is 33.7 Å². The quantitative estimate of drug-likeness (QED) is 0.410. The van der Waals surface area contributed by atoms with Crippen LogP contribution >= 0.6 is 0 Å². The van der Waals surface area contributed by atoms with E-state index in [1.54, 1.807) is 4.90 Å². The molecule has 10 heteroatoms. The molecule has 2 amide bonds. The van der Waals surface area contributed by atoms with E-state index in [-0.39, 0.29) is 31.1 Å².